The molecule has 0 saturated heterocycles. The van der Waals surface area contributed by atoms with Crippen LogP contribution in [-0.2, 0) is 9.53 Å². The molecule has 1 unspecified atom stereocenters. The van der Waals surface area contributed by atoms with Crippen LogP contribution in [0.1, 0.15) is 32.2 Å². The van der Waals surface area contributed by atoms with E-state index in [2.05, 4.69) is 11.9 Å². The van der Waals surface area contributed by atoms with E-state index in [1.165, 1.54) is 7.11 Å². The first-order chi connectivity index (χ1) is 6.79. The minimum absolute atomic E-state index is 0.198. The summed E-state index contributed by atoms with van der Waals surface area (Å²) in [6.07, 6.45) is 8.00. The molecule has 0 aliphatic heterocycles. The van der Waals surface area contributed by atoms with Gasteiger partial charge in [0.1, 0.15) is 6.04 Å². The maximum absolute atomic E-state index is 11.4. The SMILES string of the molecule is CCCCC(C(=O)OC)n1ccnc1. The second kappa shape index (κ2) is 5.42. The van der Waals surface area contributed by atoms with Crippen molar-refractivity contribution in [1.29, 1.82) is 0 Å². The number of hydrogen-bond acceptors (Lipinski definition) is 3. The summed E-state index contributed by atoms with van der Waals surface area (Å²) in [6, 6.07) is -0.220. The van der Waals surface area contributed by atoms with E-state index in [0.29, 0.717) is 0 Å². The van der Waals surface area contributed by atoms with Crippen LogP contribution in [0.2, 0.25) is 0 Å². The van der Waals surface area contributed by atoms with Crippen LogP contribution in [0.3, 0.4) is 0 Å². The van der Waals surface area contributed by atoms with Gasteiger partial charge in [-0.2, -0.15) is 0 Å². The van der Waals surface area contributed by atoms with Crippen LogP contribution in [0.25, 0.3) is 0 Å². The topological polar surface area (TPSA) is 44.1 Å². The monoisotopic (exact) mass is 196 g/mol. The fraction of sp³-hybridized carbons (Fsp3) is 0.600. The molecule has 0 radical (unpaired) electrons. The zero-order valence-electron chi connectivity index (χ0n) is 8.64. The van der Waals surface area contributed by atoms with Crippen molar-refractivity contribution in [3.05, 3.63) is 18.7 Å². The van der Waals surface area contributed by atoms with Gasteiger partial charge in [-0.25, -0.2) is 9.78 Å². The summed E-state index contributed by atoms with van der Waals surface area (Å²) in [4.78, 5) is 15.4. The van der Waals surface area contributed by atoms with Crippen LogP contribution in [0.5, 0.6) is 0 Å². The second-order valence-electron chi connectivity index (χ2n) is 3.19. The molecule has 0 saturated carbocycles. The van der Waals surface area contributed by atoms with E-state index in [1.54, 1.807) is 23.3 Å². The van der Waals surface area contributed by atoms with Gasteiger partial charge in [0.25, 0.3) is 0 Å². The third kappa shape index (κ3) is 2.58. The molecule has 1 atom stereocenters. The molecule has 1 aromatic rings. The highest BCUT2D eigenvalue weighted by Gasteiger charge is 2.19. The normalized spacial score (nSPS) is 12.4. The van der Waals surface area contributed by atoms with Crippen molar-refractivity contribution < 1.29 is 9.53 Å². The molecule has 0 amide bonds. The number of methoxy groups -OCH3 is 1. The van der Waals surface area contributed by atoms with Crippen molar-refractivity contribution in [2.75, 3.05) is 7.11 Å². The average Bonchev–Trinajstić information content (AvgIpc) is 2.71. The standard InChI is InChI=1S/C10H16N2O2/c1-3-4-5-9(10(13)14-2)12-7-6-11-8-12/h6-9H,3-5H2,1-2H3. The minimum Gasteiger partial charge on any atom is -0.467 e. The molecule has 0 N–H and O–H groups in total. The highest BCUT2D eigenvalue weighted by molar-refractivity contribution is 5.73. The number of carbonyl (C=O) groups is 1. The zero-order valence-corrected chi connectivity index (χ0v) is 8.64. The molecule has 1 heterocycles. The maximum atomic E-state index is 11.4. The molecule has 14 heavy (non-hydrogen) atoms. The third-order valence-electron chi connectivity index (χ3n) is 2.19. The Morgan fingerprint density at radius 2 is 2.43 bits per heavy atom. The van der Waals surface area contributed by atoms with Crippen molar-refractivity contribution in [3.8, 4) is 0 Å². The first-order valence-corrected chi connectivity index (χ1v) is 4.84. The summed E-state index contributed by atoms with van der Waals surface area (Å²) < 4.78 is 6.54. The summed E-state index contributed by atoms with van der Waals surface area (Å²) in [5.41, 5.74) is 0. The number of aromatic nitrogens is 2. The van der Waals surface area contributed by atoms with Crippen LogP contribution in [0, 0.1) is 0 Å². The lowest BCUT2D eigenvalue weighted by Crippen LogP contribution is -2.19. The molecule has 0 aromatic carbocycles. The van der Waals surface area contributed by atoms with Crippen LogP contribution in [0.4, 0.5) is 0 Å². The van der Waals surface area contributed by atoms with E-state index in [-0.39, 0.29) is 12.0 Å². The molecular formula is C10H16N2O2. The Hall–Kier alpha value is -1.32. The fourth-order valence-corrected chi connectivity index (χ4v) is 1.38. The molecule has 0 bridgehead atoms. The highest BCUT2D eigenvalue weighted by Crippen LogP contribution is 2.16. The Bertz CT molecular complexity index is 270. The first kappa shape index (κ1) is 10.8. The second-order valence-corrected chi connectivity index (χ2v) is 3.19. The molecule has 1 aromatic heterocycles. The molecule has 0 fully saturated rings. The van der Waals surface area contributed by atoms with E-state index in [0.717, 1.165) is 19.3 Å². The highest BCUT2D eigenvalue weighted by atomic mass is 16.5. The number of nitrogens with zero attached hydrogens (tertiary/aromatic N) is 2. The van der Waals surface area contributed by atoms with Gasteiger partial charge in [0.2, 0.25) is 0 Å². The number of imidazole rings is 1. The lowest BCUT2D eigenvalue weighted by molar-refractivity contribution is -0.144. The lowest BCUT2D eigenvalue weighted by Gasteiger charge is -2.15. The zero-order chi connectivity index (χ0) is 10.4. The number of carbonyl (C=O) groups excluding carboxylic acids is 1. The molecule has 0 aliphatic carbocycles. The van der Waals surface area contributed by atoms with Gasteiger partial charge in [0.05, 0.1) is 13.4 Å². The van der Waals surface area contributed by atoms with Gasteiger partial charge in [-0.15, -0.1) is 0 Å². The van der Waals surface area contributed by atoms with Crippen molar-refractivity contribution in [3.63, 3.8) is 0 Å². The number of hydrogen-bond donors (Lipinski definition) is 0. The van der Waals surface area contributed by atoms with Gasteiger partial charge < -0.3 is 9.30 Å². The van der Waals surface area contributed by atoms with Crippen LogP contribution < -0.4 is 0 Å². The van der Waals surface area contributed by atoms with Crippen molar-refractivity contribution >= 4 is 5.97 Å². The number of esters is 1. The van der Waals surface area contributed by atoms with Crippen LogP contribution in [0.15, 0.2) is 18.7 Å². The number of unbranched alkanes of at least 4 members (excludes halogenated alkanes) is 1. The average molecular weight is 196 g/mol. The molecule has 4 heteroatoms. The minimum atomic E-state index is -0.220. The molecule has 4 nitrogen and oxygen atoms in total. The summed E-state index contributed by atoms with van der Waals surface area (Å²) in [7, 11) is 1.41. The van der Waals surface area contributed by atoms with E-state index in [4.69, 9.17) is 4.74 Å². The van der Waals surface area contributed by atoms with Gasteiger partial charge in [-0.05, 0) is 6.42 Å². The third-order valence-corrected chi connectivity index (χ3v) is 2.19. The Kier molecular flexibility index (Phi) is 4.16. The van der Waals surface area contributed by atoms with E-state index >= 15 is 0 Å². The summed E-state index contributed by atoms with van der Waals surface area (Å²) in [6.45, 7) is 2.10. The Labute approximate surface area is 83.9 Å². The van der Waals surface area contributed by atoms with Crippen LogP contribution in [-0.4, -0.2) is 22.6 Å². The van der Waals surface area contributed by atoms with Gasteiger partial charge in [-0.1, -0.05) is 19.8 Å². The van der Waals surface area contributed by atoms with Gasteiger partial charge >= 0.3 is 5.97 Å². The molecule has 0 aliphatic rings. The van der Waals surface area contributed by atoms with E-state index in [1.807, 2.05) is 0 Å². The van der Waals surface area contributed by atoms with Crippen LogP contribution >= 0.6 is 0 Å². The molecular weight excluding hydrogens is 180 g/mol. The lowest BCUT2D eigenvalue weighted by atomic mass is 10.1. The number of rotatable bonds is 5. The van der Waals surface area contributed by atoms with Gasteiger partial charge in [-0.3, -0.25) is 0 Å². The quantitative estimate of drug-likeness (QED) is 0.674. The Morgan fingerprint density at radius 1 is 1.64 bits per heavy atom. The van der Waals surface area contributed by atoms with Gasteiger partial charge in [0, 0.05) is 12.4 Å². The summed E-state index contributed by atoms with van der Waals surface area (Å²) in [5, 5.41) is 0. The number of ether oxygens (including phenoxy) is 1. The maximum Gasteiger partial charge on any atom is 0.328 e. The van der Waals surface area contributed by atoms with E-state index in [9.17, 15) is 4.79 Å². The fourth-order valence-electron chi connectivity index (χ4n) is 1.38. The molecule has 78 valence electrons. The smallest absolute Gasteiger partial charge is 0.328 e. The summed E-state index contributed by atoms with van der Waals surface area (Å²) in [5.74, 6) is -0.198. The summed E-state index contributed by atoms with van der Waals surface area (Å²) >= 11 is 0. The van der Waals surface area contributed by atoms with Crippen molar-refractivity contribution in [2.24, 2.45) is 0 Å². The largest absolute Gasteiger partial charge is 0.467 e. The molecule has 1 rings (SSSR count). The Morgan fingerprint density at radius 3 is 2.93 bits per heavy atom. The Balaban J connectivity index is 2.67. The predicted molar refractivity (Wildman–Crippen MR) is 52.8 cm³/mol. The first-order valence-electron chi connectivity index (χ1n) is 4.84. The van der Waals surface area contributed by atoms with Gasteiger partial charge in [0.15, 0.2) is 0 Å². The predicted octanol–water partition coefficient (Wildman–Crippen LogP) is 1.79. The molecule has 0 spiro atoms. The van der Waals surface area contributed by atoms with Crippen molar-refractivity contribution in [2.45, 2.75) is 32.2 Å². The van der Waals surface area contributed by atoms with E-state index < -0.39 is 0 Å². The van der Waals surface area contributed by atoms with Crippen molar-refractivity contribution in [1.82, 2.24) is 9.55 Å².